The summed E-state index contributed by atoms with van der Waals surface area (Å²) in [4.78, 5) is 33.0. The Morgan fingerprint density at radius 3 is 2.60 bits per heavy atom. The highest BCUT2D eigenvalue weighted by atomic mass is 31.0. The number of imidazole rings is 1. The monoisotopic (exact) mass is 592 g/mol. The molecule has 13 heteroatoms. The van der Waals surface area contributed by atoms with Gasteiger partial charge in [-0.3, -0.25) is 4.98 Å². The van der Waals surface area contributed by atoms with E-state index in [1.165, 1.54) is 25.4 Å². The molecule has 0 radical (unpaired) electrons. The molecule has 0 fully saturated rings. The molecule has 5 aromatic rings. The van der Waals surface area contributed by atoms with Gasteiger partial charge in [0.15, 0.2) is 17.2 Å². The maximum atomic E-state index is 15.4. The number of carboxylic acids is 1. The van der Waals surface area contributed by atoms with Gasteiger partial charge in [-0.05, 0) is 55.3 Å². The van der Waals surface area contributed by atoms with Crippen LogP contribution in [0.25, 0.3) is 22.6 Å². The fourth-order valence-corrected chi connectivity index (χ4v) is 4.46. The van der Waals surface area contributed by atoms with Gasteiger partial charge in [-0.1, -0.05) is 15.3 Å². The minimum Gasteiger partial charge on any atom is -0.477 e. The Labute approximate surface area is 242 Å². The summed E-state index contributed by atoms with van der Waals surface area (Å²) in [5.74, 6) is -2.07. The third-order valence-electron chi connectivity index (χ3n) is 6.57. The lowest BCUT2D eigenvalue weighted by Crippen LogP contribution is -2.18. The average Bonchev–Trinajstić information content (AvgIpc) is 3.30. The molecule has 4 aromatic heterocycles. The highest BCUT2D eigenvalue weighted by Crippen LogP contribution is 2.27. The molecule has 0 spiro atoms. The van der Waals surface area contributed by atoms with Gasteiger partial charge in [0.25, 0.3) is 0 Å². The summed E-state index contributed by atoms with van der Waals surface area (Å²) in [5, 5.41) is 9.93. The molecule has 5 rings (SSSR count). The van der Waals surface area contributed by atoms with E-state index >= 15 is 8.78 Å². The summed E-state index contributed by atoms with van der Waals surface area (Å²) >= 11 is 0. The number of methoxy groups -OCH3 is 1. The number of ether oxygens (including phenoxy) is 2. The summed E-state index contributed by atoms with van der Waals surface area (Å²) in [6.45, 7) is 4.16. The van der Waals surface area contributed by atoms with Gasteiger partial charge in [-0.15, -0.1) is 0 Å². The second-order valence-electron chi connectivity index (χ2n) is 9.70. The lowest BCUT2D eigenvalue weighted by atomic mass is 10.1. The van der Waals surface area contributed by atoms with Crippen molar-refractivity contribution in [3.63, 3.8) is 0 Å². The summed E-state index contributed by atoms with van der Waals surface area (Å²) in [7, 11) is 3.99. The van der Waals surface area contributed by atoms with E-state index in [9.17, 15) is 9.90 Å². The van der Waals surface area contributed by atoms with Gasteiger partial charge in [-0.2, -0.15) is 4.98 Å². The minimum atomic E-state index is -1.19. The Hall–Kier alpha value is -4.41. The predicted octanol–water partition coefficient (Wildman–Crippen LogP) is 4.27. The Morgan fingerprint density at radius 1 is 1.07 bits per heavy atom. The fraction of sp³-hybridized carbons (Fsp3) is 0.241. The zero-order valence-corrected chi connectivity index (χ0v) is 24.2. The van der Waals surface area contributed by atoms with Crippen molar-refractivity contribution >= 4 is 31.7 Å². The van der Waals surface area contributed by atoms with Crippen molar-refractivity contribution in [2.45, 2.75) is 39.5 Å². The smallest absolute Gasteiger partial charge is 0.354 e. The Bertz CT molecular complexity index is 1780. The Balaban J connectivity index is 1.45. The van der Waals surface area contributed by atoms with Gasteiger partial charge in [0.1, 0.15) is 29.6 Å². The first-order chi connectivity index (χ1) is 20.1. The van der Waals surface area contributed by atoms with Crippen molar-refractivity contribution in [3.05, 3.63) is 88.8 Å². The van der Waals surface area contributed by atoms with Crippen molar-refractivity contribution in [3.8, 4) is 17.3 Å². The number of pyridine rings is 2. The average molecular weight is 593 g/mol. The molecular weight excluding hydrogens is 565 g/mol. The van der Waals surface area contributed by atoms with E-state index in [0.29, 0.717) is 28.0 Å². The molecule has 0 bridgehead atoms. The van der Waals surface area contributed by atoms with Crippen LogP contribution in [0.15, 0.2) is 48.8 Å². The molecular formula is C29H27F2N6O4P. The zero-order valence-electron chi connectivity index (χ0n) is 23.0. The summed E-state index contributed by atoms with van der Waals surface area (Å²) < 4.78 is 43.7. The summed E-state index contributed by atoms with van der Waals surface area (Å²) in [5.41, 5.74) is 2.20. The molecule has 2 unspecified atom stereocenters. The van der Waals surface area contributed by atoms with Crippen molar-refractivity contribution < 1.29 is 28.2 Å². The largest absolute Gasteiger partial charge is 0.477 e. The van der Waals surface area contributed by atoms with E-state index in [1.807, 2.05) is 26.0 Å². The number of benzene rings is 1. The van der Waals surface area contributed by atoms with Crippen LogP contribution in [0.2, 0.25) is 0 Å². The maximum absolute atomic E-state index is 15.4. The van der Waals surface area contributed by atoms with Gasteiger partial charge < -0.3 is 19.1 Å². The molecule has 1 aromatic carbocycles. The van der Waals surface area contributed by atoms with E-state index in [4.69, 9.17) is 9.47 Å². The quantitative estimate of drug-likeness (QED) is 0.237. The van der Waals surface area contributed by atoms with Crippen LogP contribution in [0.4, 0.5) is 8.78 Å². The van der Waals surface area contributed by atoms with Gasteiger partial charge >= 0.3 is 5.97 Å². The van der Waals surface area contributed by atoms with Crippen LogP contribution in [-0.4, -0.2) is 53.8 Å². The van der Waals surface area contributed by atoms with E-state index in [1.54, 1.807) is 10.8 Å². The van der Waals surface area contributed by atoms with Crippen molar-refractivity contribution in [1.29, 1.82) is 0 Å². The number of hydrogen-bond donors (Lipinski definition) is 1. The molecule has 0 saturated carbocycles. The topological polar surface area (TPSA) is 125 Å². The van der Waals surface area contributed by atoms with Crippen LogP contribution in [0.3, 0.4) is 0 Å². The van der Waals surface area contributed by atoms with E-state index in [-0.39, 0.29) is 54.2 Å². The molecule has 10 nitrogen and oxygen atoms in total. The molecule has 0 aliphatic carbocycles. The predicted molar refractivity (Wildman–Crippen MR) is 154 cm³/mol. The molecule has 1 N–H and O–H groups in total. The van der Waals surface area contributed by atoms with Crippen molar-refractivity contribution in [1.82, 2.24) is 29.5 Å². The van der Waals surface area contributed by atoms with E-state index in [2.05, 4.69) is 34.2 Å². The Morgan fingerprint density at radius 2 is 1.88 bits per heavy atom. The standard InChI is InChI=1S/C29H27F2N6O4P/c1-15-4-5-18(32-11-15)14-41-28-24(42)12-33-26(36-28)19-10-20(30)17(8-21(19)31)9-25-34-22-6-7-23(29(38)39)35-27(22)37(25)13-16(2)40-3/h4-8,10-12,16H,9,13-14,42H2,1-3H3,(H,38,39). The van der Waals surface area contributed by atoms with Crippen LogP contribution in [0.1, 0.15) is 40.1 Å². The van der Waals surface area contributed by atoms with Gasteiger partial charge in [0.05, 0.1) is 23.9 Å². The zero-order chi connectivity index (χ0) is 30.0. The first kappa shape index (κ1) is 29.1. The SMILES string of the molecule is COC(C)Cn1c(Cc2cc(F)c(-c3ncc(P)c(OCc4ccc(C)cn4)n3)cc2F)nc2ccc(C(=O)O)nc21. The molecule has 0 amide bonds. The number of aromatic nitrogens is 6. The van der Waals surface area contributed by atoms with Gasteiger partial charge in [0.2, 0.25) is 5.88 Å². The second kappa shape index (κ2) is 12.2. The van der Waals surface area contributed by atoms with Crippen LogP contribution in [0.5, 0.6) is 5.88 Å². The number of carboxylic acid groups (broad SMARTS) is 1. The third-order valence-corrected chi connectivity index (χ3v) is 6.96. The van der Waals surface area contributed by atoms with Gasteiger partial charge in [-0.25, -0.2) is 28.5 Å². The Kier molecular flexibility index (Phi) is 8.46. The number of halogens is 2. The molecule has 4 heterocycles. The molecule has 0 aliphatic rings. The number of hydrogen-bond acceptors (Lipinski definition) is 8. The molecule has 216 valence electrons. The minimum absolute atomic E-state index is 0.0393. The highest BCUT2D eigenvalue weighted by molar-refractivity contribution is 7.27. The third kappa shape index (κ3) is 6.24. The molecule has 42 heavy (non-hydrogen) atoms. The van der Waals surface area contributed by atoms with E-state index in [0.717, 1.165) is 17.7 Å². The lowest BCUT2D eigenvalue weighted by molar-refractivity contribution is 0.0690. The number of carbonyl (C=O) groups is 1. The second-order valence-corrected chi connectivity index (χ2v) is 10.3. The molecule has 0 aliphatic heterocycles. The number of aryl methyl sites for hydroxylation is 1. The first-order valence-corrected chi connectivity index (χ1v) is 13.5. The fourth-order valence-electron chi connectivity index (χ4n) is 4.24. The highest BCUT2D eigenvalue weighted by Gasteiger charge is 2.21. The van der Waals surface area contributed by atoms with Crippen molar-refractivity contribution in [2.24, 2.45) is 0 Å². The molecule has 2 atom stereocenters. The van der Waals surface area contributed by atoms with Crippen LogP contribution < -0.4 is 10.0 Å². The number of aromatic carboxylic acids is 1. The normalized spacial score (nSPS) is 12.0. The first-order valence-electron chi connectivity index (χ1n) is 12.9. The van der Waals surface area contributed by atoms with E-state index < -0.39 is 17.6 Å². The maximum Gasteiger partial charge on any atom is 0.354 e. The summed E-state index contributed by atoms with van der Waals surface area (Å²) in [6, 6.07) is 8.74. The number of fused-ring (bicyclic) bond motifs is 1. The number of nitrogens with zero attached hydrogens (tertiary/aromatic N) is 6. The van der Waals surface area contributed by atoms with Crippen LogP contribution in [0, 0.1) is 18.6 Å². The van der Waals surface area contributed by atoms with Crippen LogP contribution >= 0.6 is 9.24 Å². The van der Waals surface area contributed by atoms with Crippen molar-refractivity contribution in [2.75, 3.05) is 7.11 Å². The molecule has 0 saturated heterocycles. The number of rotatable bonds is 10. The summed E-state index contributed by atoms with van der Waals surface area (Å²) in [6.07, 6.45) is 2.81. The lowest BCUT2D eigenvalue weighted by Gasteiger charge is -2.14. The van der Waals surface area contributed by atoms with Gasteiger partial charge in [0, 0.05) is 31.2 Å². The van der Waals surface area contributed by atoms with Crippen LogP contribution in [-0.2, 0) is 24.3 Å².